The molecule has 1 saturated heterocycles. The van der Waals surface area contributed by atoms with Gasteiger partial charge in [-0.15, -0.1) is 0 Å². The van der Waals surface area contributed by atoms with Gasteiger partial charge >= 0.3 is 5.97 Å². The predicted molar refractivity (Wildman–Crippen MR) is 101 cm³/mol. The fourth-order valence-corrected chi connectivity index (χ4v) is 2.63. The van der Waals surface area contributed by atoms with Gasteiger partial charge in [0.1, 0.15) is 13.0 Å². The Labute approximate surface area is 169 Å². The van der Waals surface area contributed by atoms with Crippen molar-refractivity contribution < 1.29 is 32.6 Å². The van der Waals surface area contributed by atoms with Crippen LogP contribution in [-0.2, 0) is 25.6 Å². The highest BCUT2D eigenvalue weighted by molar-refractivity contribution is 5.94. The molecular weight excluding hydrogens is 386 g/mol. The van der Waals surface area contributed by atoms with E-state index in [1.54, 1.807) is 0 Å². The van der Waals surface area contributed by atoms with Gasteiger partial charge in [0.15, 0.2) is 11.6 Å². The molecule has 1 aliphatic rings. The highest BCUT2D eigenvalue weighted by atomic mass is 19.2. The van der Waals surface area contributed by atoms with Crippen LogP contribution >= 0.6 is 0 Å². The molecule has 0 aromatic heterocycles. The SMILES string of the molecule is CC(C)COC(=O)CC(=O)NCc1ccc(OCCN2CCOCC2)c(F)c1F. The lowest BCUT2D eigenvalue weighted by Gasteiger charge is -2.26. The molecule has 1 aromatic rings. The number of esters is 1. The summed E-state index contributed by atoms with van der Waals surface area (Å²) in [6.45, 7) is 7.42. The van der Waals surface area contributed by atoms with Crippen molar-refractivity contribution in [2.75, 3.05) is 46.1 Å². The normalized spacial score (nSPS) is 14.7. The van der Waals surface area contributed by atoms with Gasteiger partial charge in [0.2, 0.25) is 11.7 Å². The van der Waals surface area contributed by atoms with Crippen LogP contribution < -0.4 is 10.1 Å². The molecule has 9 heteroatoms. The maximum atomic E-state index is 14.2. The zero-order chi connectivity index (χ0) is 21.2. The minimum absolute atomic E-state index is 0.0353. The largest absolute Gasteiger partial charge is 0.489 e. The van der Waals surface area contributed by atoms with E-state index in [4.69, 9.17) is 14.2 Å². The highest BCUT2D eigenvalue weighted by Crippen LogP contribution is 2.23. The monoisotopic (exact) mass is 414 g/mol. The van der Waals surface area contributed by atoms with Crippen LogP contribution in [0.15, 0.2) is 12.1 Å². The van der Waals surface area contributed by atoms with Gasteiger partial charge in [-0.2, -0.15) is 4.39 Å². The Kier molecular flexibility index (Phi) is 9.27. The van der Waals surface area contributed by atoms with Gasteiger partial charge < -0.3 is 19.5 Å². The van der Waals surface area contributed by atoms with Crippen LogP contribution in [-0.4, -0.2) is 62.8 Å². The van der Waals surface area contributed by atoms with Crippen molar-refractivity contribution in [1.29, 1.82) is 0 Å². The maximum Gasteiger partial charge on any atom is 0.315 e. The van der Waals surface area contributed by atoms with E-state index in [1.807, 2.05) is 13.8 Å². The van der Waals surface area contributed by atoms with E-state index in [2.05, 4.69) is 10.2 Å². The average Bonchev–Trinajstić information content (AvgIpc) is 2.70. The van der Waals surface area contributed by atoms with E-state index in [0.717, 1.165) is 13.1 Å². The number of hydrogen-bond donors (Lipinski definition) is 1. The number of rotatable bonds is 10. The van der Waals surface area contributed by atoms with Crippen molar-refractivity contribution in [3.8, 4) is 5.75 Å². The molecule has 162 valence electrons. The number of carbonyl (C=O) groups excluding carboxylic acids is 2. The second kappa shape index (κ2) is 11.7. The number of benzene rings is 1. The molecule has 1 N–H and O–H groups in total. The Balaban J connectivity index is 1.79. The van der Waals surface area contributed by atoms with E-state index in [0.29, 0.717) is 19.8 Å². The summed E-state index contributed by atoms with van der Waals surface area (Å²) in [6, 6.07) is 2.68. The lowest BCUT2D eigenvalue weighted by Crippen LogP contribution is -2.38. The van der Waals surface area contributed by atoms with Gasteiger partial charge in [0, 0.05) is 31.7 Å². The van der Waals surface area contributed by atoms with Gasteiger partial charge in [-0.3, -0.25) is 14.5 Å². The first-order valence-corrected chi connectivity index (χ1v) is 9.69. The molecule has 0 saturated carbocycles. The zero-order valence-electron chi connectivity index (χ0n) is 16.8. The van der Waals surface area contributed by atoms with Crippen molar-refractivity contribution in [3.05, 3.63) is 29.3 Å². The number of halogens is 2. The van der Waals surface area contributed by atoms with Crippen LogP contribution in [0.25, 0.3) is 0 Å². The second-order valence-corrected chi connectivity index (χ2v) is 7.18. The second-order valence-electron chi connectivity index (χ2n) is 7.18. The molecule has 0 radical (unpaired) electrons. The van der Waals surface area contributed by atoms with Crippen molar-refractivity contribution in [1.82, 2.24) is 10.2 Å². The summed E-state index contributed by atoms with van der Waals surface area (Å²) in [5.74, 6) is -3.49. The third-order valence-electron chi connectivity index (χ3n) is 4.25. The molecule has 2 rings (SSSR count). The number of ether oxygens (including phenoxy) is 3. The summed E-state index contributed by atoms with van der Waals surface area (Å²) in [6.07, 6.45) is -0.473. The van der Waals surface area contributed by atoms with Crippen LogP contribution in [0.2, 0.25) is 0 Å². The Hall–Kier alpha value is -2.26. The number of hydrogen-bond acceptors (Lipinski definition) is 6. The molecule has 1 fully saturated rings. The predicted octanol–water partition coefficient (Wildman–Crippen LogP) is 1.88. The van der Waals surface area contributed by atoms with Crippen molar-refractivity contribution in [2.24, 2.45) is 5.92 Å². The molecule has 1 heterocycles. The molecule has 0 spiro atoms. The molecule has 0 bridgehead atoms. The zero-order valence-corrected chi connectivity index (χ0v) is 16.8. The van der Waals surface area contributed by atoms with Crippen LogP contribution in [0.4, 0.5) is 8.78 Å². The van der Waals surface area contributed by atoms with E-state index < -0.39 is 29.9 Å². The minimum atomic E-state index is -1.10. The first-order chi connectivity index (χ1) is 13.9. The molecule has 1 amide bonds. The number of nitrogens with zero attached hydrogens (tertiary/aromatic N) is 1. The van der Waals surface area contributed by atoms with E-state index in [-0.39, 0.29) is 37.0 Å². The van der Waals surface area contributed by atoms with Crippen molar-refractivity contribution in [3.63, 3.8) is 0 Å². The van der Waals surface area contributed by atoms with Crippen LogP contribution in [0, 0.1) is 17.6 Å². The molecule has 1 aliphatic heterocycles. The fourth-order valence-electron chi connectivity index (χ4n) is 2.63. The molecule has 7 nitrogen and oxygen atoms in total. The summed E-state index contributed by atoms with van der Waals surface area (Å²) in [5.41, 5.74) is -0.0353. The Bertz CT molecular complexity index is 694. The van der Waals surface area contributed by atoms with Crippen LogP contribution in [0.1, 0.15) is 25.8 Å². The number of carbonyl (C=O) groups is 2. The smallest absolute Gasteiger partial charge is 0.315 e. The van der Waals surface area contributed by atoms with Gasteiger partial charge in [0.25, 0.3) is 0 Å². The van der Waals surface area contributed by atoms with E-state index >= 15 is 0 Å². The lowest BCUT2D eigenvalue weighted by molar-refractivity contribution is -0.147. The van der Waals surface area contributed by atoms with Crippen LogP contribution in [0.5, 0.6) is 5.75 Å². The minimum Gasteiger partial charge on any atom is -0.489 e. The number of morpholine rings is 1. The molecule has 29 heavy (non-hydrogen) atoms. The maximum absolute atomic E-state index is 14.2. The fraction of sp³-hybridized carbons (Fsp3) is 0.600. The third-order valence-corrected chi connectivity index (χ3v) is 4.25. The first kappa shape index (κ1) is 23.0. The van der Waals surface area contributed by atoms with Crippen LogP contribution in [0.3, 0.4) is 0 Å². The Morgan fingerprint density at radius 1 is 1.21 bits per heavy atom. The Morgan fingerprint density at radius 2 is 1.93 bits per heavy atom. The Morgan fingerprint density at radius 3 is 2.62 bits per heavy atom. The summed E-state index contributed by atoms with van der Waals surface area (Å²) in [4.78, 5) is 25.4. The summed E-state index contributed by atoms with van der Waals surface area (Å²) in [7, 11) is 0. The number of nitrogens with one attached hydrogen (secondary N) is 1. The van der Waals surface area contributed by atoms with Gasteiger partial charge in [-0.05, 0) is 12.0 Å². The van der Waals surface area contributed by atoms with Crippen molar-refractivity contribution >= 4 is 11.9 Å². The van der Waals surface area contributed by atoms with Gasteiger partial charge in [-0.25, -0.2) is 4.39 Å². The van der Waals surface area contributed by atoms with E-state index in [9.17, 15) is 18.4 Å². The highest BCUT2D eigenvalue weighted by Gasteiger charge is 2.17. The van der Waals surface area contributed by atoms with E-state index in [1.165, 1.54) is 12.1 Å². The molecular formula is C20H28F2N2O5. The molecule has 1 aromatic carbocycles. The quantitative estimate of drug-likeness (QED) is 0.465. The topological polar surface area (TPSA) is 77.1 Å². The first-order valence-electron chi connectivity index (χ1n) is 9.69. The third kappa shape index (κ3) is 7.94. The van der Waals surface area contributed by atoms with Crippen molar-refractivity contribution in [2.45, 2.75) is 26.8 Å². The summed E-state index contributed by atoms with van der Waals surface area (Å²) >= 11 is 0. The summed E-state index contributed by atoms with van der Waals surface area (Å²) < 4.78 is 44.0. The van der Waals surface area contributed by atoms with Gasteiger partial charge in [0.05, 0.1) is 19.8 Å². The molecule has 0 atom stereocenters. The average molecular weight is 414 g/mol. The molecule has 0 unspecified atom stereocenters. The molecule has 0 aliphatic carbocycles. The lowest BCUT2D eigenvalue weighted by atomic mass is 10.2. The number of amides is 1. The van der Waals surface area contributed by atoms with Gasteiger partial charge in [-0.1, -0.05) is 19.9 Å². The standard InChI is InChI=1S/C20H28F2N2O5/c1-14(2)13-29-18(26)11-17(25)23-12-15-3-4-16(20(22)19(15)21)28-10-7-24-5-8-27-9-6-24/h3-4,14H,5-13H2,1-2H3,(H,23,25). The summed E-state index contributed by atoms with van der Waals surface area (Å²) in [5, 5.41) is 2.39.